The SMILES string of the molecule is CC1(C)c2ccccc2-c2c1ccc1c2c2ccccc2n1-c1ncncn1. The van der Waals surface area contributed by atoms with Crippen LogP contribution < -0.4 is 0 Å². The van der Waals surface area contributed by atoms with Crippen LogP contribution in [0.15, 0.2) is 73.3 Å². The zero-order valence-corrected chi connectivity index (χ0v) is 15.7. The number of nitrogens with zero attached hydrogens (tertiary/aromatic N) is 4. The molecule has 6 rings (SSSR count). The molecular formula is C24H18N4. The molecule has 2 heterocycles. The van der Waals surface area contributed by atoms with E-state index in [2.05, 4.69) is 94.0 Å². The van der Waals surface area contributed by atoms with Crippen molar-refractivity contribution in [2.24, 2.45) is 0 Å². The summed E-state index contributed by atoms with van der Waals surface area (Å²) in [6.45, 7) is 4.63. The highest BCUT2D eigenvalue weighted by Gasteiger charge is 2.37. The molecule has 1 aliphatic carbocycles. The van der Waals surface area contributed by atoms with Crippen LogP contribution in [0.5, 0.6) is 0 Å². The maximum Gasteiger partial charge on any atom is 0.237 e. The third kappa shape index (κ3) is 1.82. The second-order valence-electron chi connectivity index (χ2n) is 7.84. The topological polar surface area (TPSA) is 43.6 Å². The van der Waals surface area contributed by atoms with Crippen LogP contribution in [0.4, 0.5) is 0 Å². The van der Waals surface area contributed by atoms with Gasteiger partial charge in [0.15, 0.2) is 0 Å². The molecule has 0 saturated heterocycles. The zero-order chi connectivity index (χ0) is 18.9. The summed E-state index contributed by atoms with van der Waals surface area (Å²) in [4.78, 5) is 12.8. The molecule has 0 unspecified atom stereocenters. The quantitative estimate of drug-likeness (QED) is 0.408. The van der Waals surface area contributed by atoms with Gasteiger partial charge < -0.3 is 0 Å². The van der Waals surface area contributed by atoms with E-state index in [4.69, 9.17) is 0 Å². The molecule has 0 spiro atoms. The van der Waals surface area contributed by atoms with Crippen LogP contribution in [0.3, 0.4) is 0 Å². The van der Waals surface area contributed by atoms with Gasteiger partial charge in [-0.1, -0.05) is 62.4 Å². The van der Waals surface area contributed by atoms with E-state index in [0.717, 1.165) is 11.0 Å². The predicted octanol–water partition coefficient (Wildman–Crippen LogP) is 5.28. The molecule has 5 aromatic rings. The number of fused-ring (bicyclic) bond motifs is 7. The summed E-state index contributed by atoms with van der Waals surface area (Å²) < 4.78 is 2.14. The van der Waals surface area contributed by atoms with Gasteiger partial charge in [-0.15, -0.1) is 0 Å². The Hall–Kier alpha value is -3.53. The van der Waals surface area contributed by atoms with Crippen LogP contribution in [0, 0.1) is 0 Å². The van der Waals surface area contributed by atoms with Gasteiger partial charge in [-0.25, -0.2) is 15.0 Å². The number of benzene rings is 3. The standard InChI is InChI=1S/C24H18N4/c1-24(2)17-9-5-3-7-15(17)21-18(24)11-12-20-22(21)16-8-4-6-10-19(16)28(20)23-26-13-25-14-27-23/h3-14H,1-2H3. The van der Waals surface area contributed by atoms with Crippen LogP contribution in [-0.4, -0.2) is 19.5 Å². The highest BCUT2D eigenvalue weighted by Crippen LogP contribution is 2.52. The first kappa shape index (κ1) is 15.5. The van der Waals surface area contributed by atoms with E-state index in [0.29, 0.717) is 5.95 Å². The van der Waals surface area contributed by atoms with Crippen molar-refractivity contribution in [1.29, 1.82) is 0 Å². The van der Waals surface area contributed by atoms with Crippen molar-refractivity contribution in [3.05, 3.63) is 84.4 Å². The molecule has 0 fully saturated rings. The fourth-order valence-corrected chi connectivity index (χ4v) is 4.82. The molecule has 1 aliphatic rings. The molecule has 4 heteroatoms. The average molecular weight is 362 g/mol. The fraction of sp³-hybridized carbons (Fsp3) is 0.125. The van der Waals surface area contributed by atoms with E-state index >= 15 is 0 Å². The van der Waals surface area contributed by atoms with E-state index < -0.39 is 0 Å². The highest BCUT2D eigenvalue weighted by atomic mass is 15.2. The molecule has 0 aliphatic heterocycles. The normalized spacial score (nSPS) is 14.4. The van der Waals surface area contributed by atoms with E-state index in [-0.39, 0.29) is 5.41 Å². The van der Waals surface area contributed by atoms with Gasteiger partial charge >= 0.3 is 0 Å². The van der Waals surface area contributed by atoms with E-state index in [1.165, 1.54) is 33.0 Å². The molecule has 0 bridgehead atoms. The molecule has 0 amide bonds. The molecule has 2 aromatic heterocycles. The van der Waals surface area contributed by atoms with Crippen molar-refractivity contribution in [1.82, 2.24) is 19.5 Å². The minimum Gasteiger partial charge on any atom is -0.278 e. The smallest absolute Gasteiger partial charge is 0.237 e. The number of hydrogen-bond acceptors (Lipinski definition) is 3. The van der Waals surface area contributed by atoms with Crippen LogP contribution in [0.2, 0.25) is 0 Å². The number of para-hydroxylation sites is 1. The van der Waals surface area contributed by atoms with Gasteiger partial charge in [0, 0.05) is 16.2 Å². The largest absolute Gasteiger partial charge is 0.278 e. The van der Waals surface area contributed by atoms with Crippen molar-refractivity contribution in [2.75, 3.05) is 0 Å². The maximum atomic E-state index is 4.43. The highest BCUT2D eigenvalue weighted by molar-refractivity contribution is 6.17. The predicted molar refractivity (Wildman–Crippen MR) is 112 cm³/mol. The number of aromatic nitrogens is 4. The third-order valence-electron chi connectivity index (χ3n) is 6.06. The molecular weight excluding hydrogens is 344 g/mol. The van der Waals surface area contributed by atoms with Gasteiger partial charge in [-0.2, -0.15) is 0 Å². The van der Waals surface area contributed by atoms with Crippen molar-refractivity contribution in [3.8, 4) is 17.1 Å². The Morgan fingerprint density at radius 2 is 1.50 bits per heavy atom. The molecule has 0 N–H and O–H groups in total. The summed E-state index contributed by atoms with van der Waals surface area (Å²) in [5, 5.41) is 2.49. The lowest BCUT2D eigenvalue weighted by molar-refractivity contribution is 0.661. The monoisotopic (exact) mass is 362 g/mol. The minimum absolute atomic E-state index is 0.0174. The second-order valence-corrected chi connectivity index (χ2v) is 7.84. The first-order valence-electron chi connectivity index (χ1n) is 9.47. The summed E-state index contributed by atoms with van der Waals surface area (Å²) in [7, 11) is 0. The molecule has 0 saturated carbocycles. The summed E-state index contributed by atoms with van der Waals surface area (Å²) in [6.07, 6.45) is 3.10. The molecule has 4 nitrogen and oxygen atoms in total. The summed E-state index contributed by atoms with van der Waals surface area (Å²) in [5.41, 5.74) is 7.64. The maximum absolute atomic E-state index is 4.43. The lowest BCUT2D eigenvalue weighted by Gasteiger charge is -2.21. The Bertz CT molecular complexity index is 1380. The van der Waals surface area contributed by atoms with Crippen LogP contribution in [0.1, 0.15) is 25.0 Å². The van der Waals surface area contributed by atoms with Crippen LogP contribution in [0.25, 0.3) is 38.9 Å². The van der Waals surface area contributed by atoms with Gasteiger partial charge in [-0.3, -0.25) is 4.57 Å². The Balaban J connectivity index is 1.85. The molecule has 0 radical (unpaired) electrons. The lowest BCUT2D eigenvalue weighted by Crippen LogP contribution is -2.14. The van der Waals surface area contributed by atoms with Crippen molar-refractivity contribution in [2.45, 2.75) is 19.3 Å². The van der Waals surface area contributed by atoms with Crippen molar-refractivity contribution < 1.29 is 0 Å². The van der Waals surface area contributed by atoms with Gasteiger partial charge in [0.2, 0.25) is 5.95 Å². The van der Waals surface area contributed by atoms with Gasteiger partial charge in [-0.05, 0) is 34.4 Å². The van der Waals surface area contributed by atoms with Crippen molar-refractivity contribution >= 4 is 21.8 Å². The summed E-state index contributed by atoms with van der Waals surface area (Å²) in [5.74, 6) is 0.645. The Labute approximate surface area is 162 Å². The van der Waals surface area contributed by atoms with Gasteiger partial charge in [0.25, 0.3) is 0 Å². The minimum atomic E-state index is -0.0174. The molecule has 134 valence electrons. The molecule has 3 aromatic carbocycles. The molecule has 0 atom stereocenters. The van der Waals surface area contributed by atoms with E-state index in [1.807, 2.05) is 0 Å². The zero-order valence-electron chi connectivity index (χ0n) is 15.7. The average Bonchev–Trinajstić information content (AvgIpc) is 3.19. The first-order chi connectivity index (χ1) is 13.7. The van der Waals surface area contributed by atoms with E-state index in [9.17, 15) is 0 Å². The fourth-order valence-electron chi connectivity index (χ4n) is 4.82. The number of hydrogen-bond donors (Lipinski definition) is 0. The van der Waals surface area contributed by atoms with E-state index in [1.54, 1.807) is 12.7 Å². The molecule has 28 heavy (non-hydrogen) atoms. The van der Waals surface area contributed by atoms with Crippen LogP contribution in [-0.2, 0) is 5.41 Å². The first-order valence-corrected chi connectivity index (χ1v) is 9.47. The van der Waals surface area contributed by atoms with Crippen molar-refractivity contribution in [3.63, 3.8) is 0 Å². The number of rotatable bonds is 1. The lowest BCUT2D eigenvalue weighted by atomic mass is 9.82. The Morgan fingerprint density at radius 1 is 0.750 bits per heavy atom. The Morgan fingerprint density at radius 3 is 2.36 bits per heavy atom. The van der Waals surface area contributed by atoms with Gasteiger partial charge in [0.05, 0.1) is 11.0 Å². The van der Waals surface area contributed by atoms with Gasteiger partial charge in [0.1, 0.15) is 12.7 Å². The Kier molecular flexibility index (Phi) is 2.91. The van der Waals surface area contributed by atoms with Crippen LogP contribution >= 0.6 is 0 Å². The third-order valence-corrected chi connectivity index (χ3v) is 6.06. The second kappa shape index (κ2) is 5.26. The summed E-state index contributed by atoms with van der Waals surface area (Å²) >= 11 is 0. The summed E-state index contributed by atoms with van der Waals surface area (Å²) in [6, 6.07) is 21.8.